The maximum absolute atomic E-state index is 14.4. The quantitative estimate of drug-likeness (QED) is 0.192. The minimum atomic E-state index is -4.26. The van der Waals surface area contributed by atoms with Crippen molar-refractivity contribution < 1.29 is 22.7 Å². The van der Waals surface area contributed by atoms with Gasteiger partial charge in [-0.1, -0.05) is 89.9 Å². The van der Waals surface area contributed by atoms with Crippen LogP contribution in [0.3, 0.4) is 0 Å². The van der Waals surface area contributed by atoms with Gasteiger partial charge in [0.15, 0.2) is 0 Å². The lowest BCUT2D eigenvalue weighted by molar-refractivity contribution is -0.139. The van der Waals surface area contributed by atoms with Gasteiger partial charge in [0.25, 0.3) is 10.0 Å². The van der Waals surface area contributed by atoms with Crippen molar-refractivity contribution in [2.45, 2.75) is 30.8 Å². The predicted octanol–water partition coefficient (Wildman–Crippen LogP) is 5.97. The number of rotatable bonds is 13. The molecule has 0 aliphatic rings. The van der Waals surface area contributed by atoms with E-state index in [9.17, 15) is 18.0 Å². The van der Waals surface area contributed by atoms with Crippen molar-refractivity contribution in [1.29, 1.82) is 0 Å². The summed E-state index contributed by atoms with van der Waals surface area (Å²) in [5, 5.41) is 3.38. The topological polar surface area (TPSA) is 96.0 Å². The van der Waals surface area contributed by atoms with E-state index in [-0.39, 0.29) is 30.2 Å². The molecule has 4 aromatic rings. The molecule has 4 aromatic carbocycles. The molecule has 11 heteroatoms. The first-order valence-corrected chi connectivity index (χ1v) is 16.1. The molecule has 44 heavy (non-hydrogen) atoms. The van der Waals surface area contributed by atoms with Crippen LogP contribution in [-0.2, 0) is 32.6 Å². The van der Waals surface area contributed by atoms with Crippen LogP contribution in [0.25, 0.3) is 0 Å². The van der Waals surface area contributed by atoms with Crippen molar-refractivity contribution in [1.82, 2.24) is 10.2 Å². The third-order valence-corrected chi connectivity index (χ3v) is 9.28. The number of sulfonamides is 1. The summed E-state index contributed by atoms with van der Waals surface area (Å²) in [5.74, 6) is -0.743. The molecule has 0 aromatic heterocycles. The number of carbonyl (C=O) groups is 2. The molecule has 0 spiro atoms. The summed E-state index contributed by atoms with van der Waals surface area (Å²) in [6.45, 7) is 1.37. The van der Waals surface area contributed by atoms with Gasteiger partial charge in [-0.3, -0.25) is 13.9 Å². The molecule has 230 valence electrons. The van der Waals surface area contributed by atoms with Crippen LogP contribution in [0, 0.1) is 0 Å². The highest BCUT2D eigenvalue weighted by molar-refractivity contribution is 7.92. The first-order valence-electron chi connectivity index (χ1n) is 13.9. The van der Waals surface area contributed by atoms with E-state index >= 15 is 0 Å². The first kappa shape index (κ1) is 32.9. The third kappa shape index (κ3) is 7.91. The molecule has 0 unspecified atom stereocenters. The van der Waals surface area contributed by atoms with Crippen molar-refractivity contribution in [3.63, 3.8) is 0 Å². The minimum Gasteiger partial charge on any atom is -0.492 e. The Morgan fingerprint density at radius 2 is 1.52 bits per heavy atom. The second kappa shape index (κ2) is 15.1. The first-order chi connectivity index (χ1) is 21.1. The molecular formula is C33H33Cl2N3O5S. The molecule has 1 atom stereocenters. The Balaban J connectivity index is 1.83. The highest BCUT2D eigenvalue weighted by Crippen LogP contribution is 2.33. The van der Waals surface area contributed by atoms with E-state index in [1.54, 1.807) is 67.6 Å². The van der Waals surface area contributed by atoms with E-state index < -0.39 is 34.4 Å². The van der Waals surface area contributed by atoms with Crippen LogP contribution in [0.5, 0.6) is 5.75 Å². The number of nitrogens with zero attached hydrogens (tertiary/aromatic N) is 2. The Morgan fingerprint density at radius 3 is 2.16 bits per heavy atom. The molecular weight excluding hydrogens is 621 g/mol. The van der Waals surface area contributed by atoms with Crippen molar-refractivity contribution in [2.75, 3.05) is 24.5 Å². The predicted molar refractivity (Wildman–Crippen MR) is 174 cm³/mol. The summed E-state index contributed by atoms with van der Waals surface area (Å²) in [6, 6.07) is 27.6. The molecule has 0 saturated heterocycles. The molecule has 0 heterocycles. The molecule has 0 fully saturated rings. The summed E-state index contributed by atoms with van der Waals surface area (Å²) in [7, 11) is -2.77. The number of hydrogen-bond acceptors (Lipinski definition) is 5. The molecule has 0 bridgehead atoms. The van der Waals surface area contributed by atoms with E-state index in [1.807, 2.05) is 30.3 Å². The number of likely N-dealkylation sites (N-methyl/N-ethyl adjacent to an activating group) is 1. The maximum Gasteiger partial charge on any atom is 0.264 e. The zero-order chi connectivity index (χ0) is 31.7. The standard InChI is InChI=1S/C33H33Cl2N3O5S/c1-3-43-31-17-11-10-16-29(31)38(44(41,42)27-14-8-5-9-15-27)23-32(39)37(22-25-18-19-26(34)21-28(25)35)30(33(40)36-2)20-24-12-6-4-7-13-24/h4-19,21,30H,3,20,22-23H2,1-2H3,(H,36,40)/t30-/m0/s1. The van der Waals surface area contributed by atoms with Gasteiger partial charge in [0.1, 0.15) is 18.3 Å². The third-order valence-electron chi connectivity index (χ3n) is 6.92. The average Bonchev–Trinajstić information content (AvgIpc) is 3.03. The van der Waals surface area contributed by atoms with E-state index in [0.717, 1.165) is 9.87 Å². The van der Waals surface area contributed by atoms with Gasteiger partial charge in [-0.05, 0) is 54.4 Å². The molecule has 1 N–H and O–H groups in total. The Labute approximate surface area is 268 Å². The van der Waals surface area contributed by atoms with Crippen LogP contribution in [0.15, 0.2) is 108 Å². The molecule has 8 nitrogen and oxygen atoms in total. The summed E-state index contributed by atoms with van der Waals surface area (Å²) >= 11 is 12.7. The lowest BCUT2D eigenvalue weighted by Gasteiger charge is -2.34. The summed E-state index contributed by atoms with van der Waals surface area (Å²) in [6.07, 6.45) is 0.179. The molecule has 0 saturated carbocycles. The van der Waals surface area contributed by atoms with Crippen LogP contribution in [0.1, 0.15) is 18.1 Å². The summed E-state index contributed by atoms with van der Waals surface area (Å²) in [4.78, 5) is 29.2. The number of anilines is 1. The van der Waals surface area contributed by atoms with Gasteiger partial charge in [0.05, 0.1) is 17.2 Å². The number of ether oxygens (including phenoxy) is 1. The molecule has 0 radical (unpaired) electrons. The zero-order valence-corrected chi connectivity index (χ0v) is 26.6. The molecule has 4 rings (SSSR count). The second-order valence-electron chi connectivity index (χ2n) is 9.80. The normalized spacial score (nSPS) is 11.8. The Bertz CT molecular complexity index is 1690. The fourth-order valence-electron chi connectivity index (χ4n) is 4.73. The number of nitrogens with one attached hydrogen (secondary N) is 1. The molecule has 2 amide bonds. The lowest BCUT2D eigenvalue weighted by atomic mass is 10.0. The molecule has 0 aliphatic carbocycles. The second-order valence-corrected chi connectivity index (χ2v) is 12.5. The number of hydrogen-bond donors (Lipinski definition) is 1. The van der Waals surface area contributed by atoms with E-state index in [1.165, 1.54) is 24.1 Å². The fraction of sp³-hybridized carbons (Fsp3) is 0.212. The Kier molecular flexibility index (Phi) is 11.3. The zero-order valence-electron chi connectivity index (χ0n) is 24.3. The van der Waals surface area contributed by atoms with Crippen LogP contribution >= 0.6 is 23.2 Å². The van der Waals surface area contributed by atoms with Crippen LogP contribution in [0.2, 0.25) is 10.0 Å². The molecule has 0 aliphatic heterocycles. The van der Waals surface area contributed by atoms with Gasteiger partial charge in [-0.25, -0.2) is 8.42 Å². The number of para-hydroxylation sites is 2. The van der Waals surface area contributed by atoms with Gasteiger partial charge in [0, 0.05) is 30.1 Å². The van der Waals surface area contributed by atoms with Gasteiger partial charge in [-0.15, -0.1) is 0 Å². The number of benzene rings is 4. The highest BCUT2D eigenvalue weighted by atomic mass is 35.5. The maximum atomic E-state index is 14.4. The van der Waals surface area contributed by atoms with E-state index in [4.69, 9.17) is 27.9 Å². The van der Waals surface area contributed by atoms with Gasteiger partial charge >= 0.3 is 0 Å². The van der Waals surface area contributed by atoms with Crippen molar-refractivity contribution in [2.24, 2.45) is 0 Å². The smallest absolute Gasteiger partial charge is 0.264 e. The van der Waals surface area contributed by atoms with E-state index in [0.29, 0.717) is 21.4 Å². The largest absolute Gasteiger partial charge is 0.492 e. The summed E-state index contributed by atoms with van der Waals surface area (Å²) < 4.78 is 35.1. The van der Waals surface area contributed by atoms with Crippen LogP contribution < -0.4 is 14.4 Å². The summed E-state index contributed by atoms with van der Waals surface area (Å²) in [5.41, 5.74) is 1.55. The SMILES string of the molecule is CCOc1ccccc1N(CC(=O)N(Cc1ccc(Cl)cc1Cl)[C@@H](Cc1ccccc1)C(=O)NC)S(=O)(=O)c1ccccc1. The number of carbonyl (C=O) groups excluding carboxylic acids is 2. The monoisotopic (exact) mass is 653 g/mol. The van der Waals surface area contributed by atoms with Crippen molar-refractivity contribution >= 4 is 50.7 Å². The Morgan fingerprint density at radius 1 is 0.886 bits per heavy atom. The highest BCUT2D eigenvalue weighted by Gasteiger charge is 2.35. The van der Waals surface area contributed by atoms with Gasteiger partial charge < -0.3 is 15.0 Å². The Hall–Kier alpha value is -4.05. The number of halogens is 2. The van der Waals surface area contributed by atoms with Gasteiger partial charge in [-0.2, -0.15) is 0 Å². The number of amides is 2. The van der Waals surface area contributed by atoms with Gasteiger partial charge in [0.2, 0.25) is 11.8 Å². The lowest BCUT2D eigenvalue weighted by Crippen LogP contribution is -2.53. The average molecular weight is 655 g/mol. The fourth-order valence-corrected chi connectivity index (χ4v) is 6.64. The van der Waals surface area contributed by atoms with Crippen LogP contribution in [0.4, 0.5) is 5.69 Å². The van der Waals surface area contributed by atoms with Crippen molar-refractivity contribution in [3.05, 3.63) is 124 Å². The minimum absolute atomic E-state index is 0.00136. The van der Waals surface area contributed by atoms with Crippen LogP contribution in [-0.4, -0.2) is 51.4 Å². The van der Waals surface area contributed by atoms with Crippen molar-refractivity contribution in [3.8, 4) is 5.75 Å². The van der Waals surface area contributed by atoms with E-state index in [2.05, 4.69) is 5.32 Å².